The maximum Gasteiger partial charge on any atom is 0.204 e. The molecule has 0 spiro atoms. The summed E-state index contributed by atoms with van der Waals surface area (Å²) < 4.78 is 6.99. The Kier molecular flexibility index (Phi) is 4.36. The first-order valence-corrected chi connectivity index (χ1v) is 8.92. The van der Waals surface area contributed by atoms with Crippen molar-refractivity contribution in [2.75, 3.05) is 0 Å². The third-order valence-electron chi connectivity index (χ3n) is 3.14. The van der Waals surface area contributed by atoms with Crippen molar-refractivity contribution < 1.29 is 4.42 Å². The third-order valence-corrected chi connectivity index (χ3v) is 5.36. The topological polar surface area (TPSA) is 38.9 Å². The van der Waals surface area contributed by atoms with Gasteiger partial charge in [-0.2, -0.15) is 0 Å². The number of rotatable bonds is 4. The van der Waals surface area contributed by atoms with E-state index in [0.29, 0.717) is 0 Å². The summed E-state index contributed by atoms with van der Waals surface area (Å²) in [7, 11) is 0. The van der Waals surface area contributed by atoms with Crippen LogP contribution in [0.15, 0.2) is 51.4 Å². The second-order valence-corrected chi connectivity index (χ2v) is 8.31. The molecule has 0 N–H and O–H groups in total. The van der Waals surface area contributed by atoms with Crippen LogP contribution in [0.5, 0.6) is 0 Å². The Morgan fingerprint density at radius 3 is 2.55 bits per heavy atom. The maximum atomic E-state index is 5.81. The number of hydrogen-bond acceptors (Lipinski definition) is 5. The first-order valence-electron chi connectivity index (χ1n) is 7.11. The molecule has 0 aliphatic carbocycles. The van der Waals surface area contributed by atoms with Gasteiger partial charge in [0.1, 0.15) is 10.8 Å². The molecule has 1 aromatic carbocycles. The van der Waals surface area contributed by atoms with Crippen molar-refractivity contribution in [3.05, 3.63) is 54.4 Å². The van der Waals surface area contributed by atoms with E-state index in [0.717, 1.165) is 28.0 Å². The second kappa shape index (κ2) is 6.26. The molecule has 3 aromatic rings. The minimum Gasteiger partial charge on any atom is -0.444 e. The van der Waals surface area contributed by atoms with E-state index in [1.54, 1.807) is 23.1 Å². The van der Waals surface area contributed by atoms with E-state index < -0.39 is 0 Å². The Hall–Kier alpha value is -1.59. The number of oxazole rings is 1. The molecule has 22 heavy (non-hydrogen) atoms. The maximum absolute atomic E-state index is 5.81. The first kappa shape index (κ1) is 15.3. The molecule has 0 aliphatic heterocycles. The van der Waals surface area contributed by atoms with Crippen molar-refractivity contribution >= 4 is 23.1 Å². The molecule has 3 nitrogen and oxygen atoms in total. The fourth-order valence-corrected chi connectivity index (χ4v) is 3.73. The van der Waals surface area contributed by atoms with Crippen LogP contribution in [0.2, 0.25) is 0 Å². The van der Waals surface area contributed by atoms with E-state index in [2.05, 4.69) is 42.9 Å². The summed E-state index contributed by atoms with van der Waals surface area (Å²) in [6.07, 6.45) is 3.75. The van der Waals surface area contributed by atoms with Gasteiger partial charge in [-0.1, -0.05) is 51.1 Å². The van der Waals surface area contributed by atoms with Crippen LogP contribution >= 0.6 is 23.1 Å². The minimum absolute atomic E-state index is 0.000876. The second-order valence-electron chi connectivity index (χ2n) is 6.01. The molecule has 114 valence electrons. The average molecular weight is 330 g/mol. The fourth-order valence-electron chi connectivity index (χ4n) is 1.90. The predicted octanol–water partition coefficient (Wildman–Crippen LogP) is 5.39. The Bertz CT molecular complexity index is 741. The van der Waals surface area contributed by atoms with Gasteiger partial charge in [0.15, 0.2) is 0 Å². The Morgan fingerprint density at radius 1 is 1.09 bits per heavy atom. The van der Waals surface area contributed by atoms with Gasteiger partial charge in [-0.15, -0.1) is 23.1 Å². The highest BCUT2D eigenvalue weighted by molar-refractivity contribution is 8.00. The van der Waals surface area contributed by atoms with Gasteiger partial charge in [-0.05, 0) is 0 Å². The molecular weight excluding hydrogens is 312 g/mol. The summed E-state index contributed by atoms with van der Waals surface area (Å²) in [5, 5.41) is 1.05. The monoisotopic (exact) mass is 330 g/mol. The summed E-state index contributed by atoms with van der Waals surface area (Å²) in [4.78, 5) is 8.85. The van der Waals surface area contributed by atoms with Gasteiger partial charge in [-0.3, -0.25) is 0 Å². The minimum atomic E-state index is 0.000876. The highest BCUT2D eigenvalue weighted by atomic mass is 32.2. The Morgan fingerprint density at radius 2 is 1.86 bits per heavy atom. The highest BCUT2D eigenvalue weighted by Gasteiger charge is 2.19. The van der Waals surface area contributed by atoms with E-state index >= 15 is 0 Å². The number of nitrogens with zero attached hydrogens (tertiary/aromatic N) is 2. The largest absolute Gasteiger partial charge is 0.444 e. The standard InChI is InChI=1S/C17H18N2OS2/c1-17(2,3)13-9-18-14(20-13)11-21-15-10-19-16(22-15)12-7-5-4-6-8-12/h4-10H,11H2,1-3H3. The lowest BCUT2D eigenvalue weighted by Crippen LogP contribution is -2.09. The van der Waals surface area contributed by atoms with Crippen LogP contribution in [0.4, 0.5) is 0 Å². The molecule has 2 heterocycles. The lowest BCUT2D eigenvalue weighted by molar-refractivity contribution is 0.391. The Labute approximate surface area is 138 Å². The molecule has 0 saturated carbocycles. The molecule has 2 aromatic heterocycles. The third kappa shape index (κ3) is 3.59. The van der Waals surface area contributed by atoms with Crippen molar-refractivity contribution in [1.82, 2.24) is 9.97 Å². The molecule has 0 aliphatic rings. The molecule has 0 unspecified atom stereocenters. The lowest BCUT2D eigenvalue weighted by Gasteiger charge is -2.12. The zero-order chi connectivity index (χ0) is 15.6. The molecule has 5 heteroatoms. The molecule has 0 atom stereocenters. The van der Waals surface area contributed by atoms with Crippen molar-refractivity contribution in [2.45, 2.75) is 36.1 Å². The molecule has 0 bridgehead atoms. The van der Waals surface area contributed by atoms with Crippen LogP contribution in [0, 0.1) is 0 Å². The van der Waals surface area contributed by atoms with E-state index in [1.807, 2.05) is 30.6 Å². The number of aromatic nitrogens is 2. The van der Waals surface area contributed by atoms with Gasteiger partial charge in [0.2, 0.25) is 5.89 Å². The van der Waals surface area contributed by atoms with Crippen LogP contribution in [0.1, 0.15) is 32.4 Å². The SMILES string of the molecule is CC(C)(C)c1cnc(CSc2cnc(-c3ccccc3)s2)o1. The van der Waals surface area contributed by atoms with Gasteiger partial charge in [0, 0.05) is 11.0 Å². The lowest BCUT2D eigenvalue weighted by atomic mass is 9.94. The normalized spacial score (nSPS) is 11.8. The number of hydrogen-bond donors (Lipinski definition) is 0. The Balaban J connectivity index is 1.65. The van der Waals surface area contributed by atoms with E-state index in [9.17, 15) is 0 Å². The molecule has 0 fully saturated rings. The molecular formula is C17H18N2OS2. The van der Waals surface area contributed by atoms with Crippen molar-refractivity contribution in [3.63, 3.8) is 0 Å². The summed E-state index contributed by atoms with van der Waals surface area (Å²) in [5.41, 5.74) is 1.16. The van der Waals surface area contributed by atoms with Gasteiger partial charge in [0.05, 0.1) is 22.4 Å². The van der Waals surface area contributed by atoms with Crippen LogP contribution < -0.4 is 0 Å². The summed E-state index contributed by atoms with van der Waals surface area (Å²) in [6, 6.07) is 10.2. The van der Waals surface area contributed by atoms with E-state index in [1.165, 1.54) is 4.21 Å². The van der Waals surface area contributed by atoms with Crippen molar-refractivity contribution in [1.29, 1.82) is 0 Å². The van der Waals surface area contributed by atoms with Crippen LogP contribution in [0.3, 0.4) is 0 Å². The zero-order valence-corrected chi connectivity index (χ0v) is 14.5. The molecule has 0 radical (unpaired) electrons. The number of benzene rings is 1. The first-order chi connectivity index (χ1) is 10.5. The van der Waals surface area contributed by atoms with Gasteiger partial charge in [0.25, 0.3) is 0 Å². The quantitative estimate of drug-likeness (QED) is 0.601. The van der Waals surface area contributed by atoms with E-state index in [4.69, 9.17) is 4.42 Å². The number of thiazole rings is 1. The van der Waals surface area contributed by atoms with Gasteiger partial charge < -0.3 is 4.42 Å². The fraction of sp³-hybridized carbons (Fsp3) is 0.294. The van der Waals surface area contributed by atoms with Crippen LogP contribution in [0.25, 0.3) is 10.6 Å². The van der Waals surface area contributed by atoms with E-state index in [-0.39, 0.29) is 5.41 Å². The average Bonchev–Trinajstić information content (AvgIpc) is 3.15. The highest BCUT2D eigenvalue weighted by Crippen LogP contribution is 2.33. The van der Waals surface area contributed by atoms with Crippen LogP contribution in [-0.4, -0.2) is 9.97 Å². The smallest absolute Gasteiger partial charge is 0.204 e. The molecule has 3 rings (SSSR count). The van der Waals surface area contributed by atoms with Crippen molar-refractivity contribution in [3.8, 4) is 10.6 Å². The van der Waals surface area contributed by atoms with Crippen LogP contribution in [-0.2, 0) is 11.2 Å². The van der Waals surface area contributed by atoms with Crippen molar-refractivity contribution in [2.24, 2.45) is 0 Å². The van der Waals surface area contributed by atoms with Gasteiger partial charge >= 0.3 is 0 Å². The number of thioether (sulfide) groups is 1. The summed E-state index contributed by atoms with van der Waals surface area (Å²) >= 11 is 3.41. The summed E-state index contributed by atoms with van der Waals surface area (Å²) in [5.74, 6) is 2.42. The predicted molar refractivity (Wildman–Crippen MR) is 92.3 cm³/mol. The molecule has 0 amide bonds. The summed E-state index contributed by atoms with van der Waals surface area (Å²) in [6.45, 7) is 6.37. The zero-order valence-electron chi connectivity index (χ0n) is 12.9. The van der Waals surface area contributed by atoms with Gasteiger partial charge in [-0.25, -0.2) is 9.97 Å². The molecule has 0 saturated heterocycles.